The van der Waals surface area contributed by atoms with E-state index >= 15 is 0 Å². The van der Waals surface area contributed by atoms with Crippen molar-refractivity contribution < 1.29 is 13.6 Å². The summed E-state index contributed by atoms with van der Waals surface area (Å²) in [6, 6.07) is 11.8. The number of thioether (sulfide) groups is 1. The Labute approximate surface area is 161 Å². The van der Waals surface area contributed by atoms with Gasteiger partial charge >= 0.3 is 0 Å². The van der Waals surface area contributed by atoms with Crippen LogP contribution >= 0.6 is 35.3 Å². The van der Waals surface area contributed by atoms with Gasteiger partial charge in [0, 0.05) is 0 Å². The number of carbonyl (C=O) groups excluding carboxylic acids is 1. The van der Waals surface area contributed by atoms with Gasteiger partial charge in [0.1, 0.15) is 11.6 Å². The molecular formula is C17H13F2N3OS3. The molecule has 0 saturated heterocycles. The molecule has 0 spiro atoms. The van der Waals surface area contributed by atoms with E-state index in [2.05, 4.69) is 10.4 Å². The molecule has 1 N–H and O–H groups in total. The fourth-order valence-corrected chi connectivity index (χ4v) is 4.56. The summed E-state index contributed by atoms with van der Waals surface area (Å²) in [6.45, 7) is 1.70. The molecule has 2 aromatic carbocycles. The summed E-state index contributed by atoms with van der Waals surface area (Å²) >= 11 is 7.76. The normalized spacial score (nSPS) is 12.0. The first-order valence-electron chi connectivity index (χ1n) is 7.52. The largest absolute Gasteiger partial charge is 0.323 e. The van der Waals surface area contributed by atoms with E-state index in [1.807, 2.05) is 0 Å². The van der Waals surface area contributed by atoms with E-state index in [1.165, 1.54) is 52.0 Å². The molecule has 0 fully saturated rings. The Morgan fingerprint density at radius 3 is 2.62 bits per heavy atom. The molecular weight excluding hydrogens is 396 g/mol. The van der Waals surface area contributed by atoms with Crippen LogP contribution in [0.25, 0.3) is 5.69 Å². The van der Waals surface area contributed by atoms with Crippen LogP contribution in [0.3, 0.4) is 0 Å². The lowest BCUT2D eigenvalue weighted by Crippen LogP contribution is -2.22. The quantitative estimate of drug-likeness (QED) is 0.473. The van der Waals surface area contributed by atoms with Crippen molar-refractivity contribution in [3.63, 3.8) is 0 Å². The Balaban J connectivity index is 1.71. The number of aromatic nitrogens is 2. The smallest absolute Gasteiger partial charge is 0.237 e. The van der Waals surface area contributed by atoms with E-state index in [4.69, 9.17) is 12.2 Å². The number of hydrogen-bond acceptors (Lipinski definition) is 5. The number of rotatable bonds is 5. The molecule has 1 atom stereocenters. The molecule has 0 aliphatic carbocycles. The Kier molecular flexibility index (Phi) is 5.80. The highest BCUT2D eigenvalue weighted by Crippen LogP contribution is 2.28. The summed E-state index contributed by atoms with van der Waals surface area (Å²) in [5.74, 6) is -1.17. The van der Waals surface area contributed by atoms with Crippen LogP contribution in [-0.4, -0.2) is 20.9 Å². The van der Waals surface area contributed by atoms with Gasteiger partial charge in [0.2, 0.25) is 5.91 Å². The second-order valence-corrected chi connectivity index (χ2v) is 8.46. The third kappa shape index (κ3) is 4.35. The molecule has 9 heteroatoms. The van der Waals surface area contributed by atoms with Gasteiger partial charge in [-0.15, -0.1) is 5.10 Å². The van der Waals surface area contributed by atoms with Gasteiger partial charge in [-0.2, -0.15) is 0 Å². The fraction of sp³-hybridized carbons (Fsp3) is 0.118. The summed E-state index contributed by atoms with van der Waals surface area (Å²) in [7, 11) is 0. The zero-order chi connectivity index (χ0) is 18.7. The summed E-state index contributed by atoms with van der Waals surface area (Å²) in [6.07, 6.45) is 0. The van der Waals surface area contributed by atoms with Crippen molar-refractivity contribution in [2.24, 2.45) is 0 Å². The first-order valence-corrected chi connectivity index (χ1v) is 9.62. The number of para-hydroxylation sites is 1. The SMILES string of the molecule is C[C@H](Sc1nn(-c2ccc(F)cc2)c(=S)s1)C(=O)Nc1ccccc1F. The third-order valence-corrected chi connectivity index (χ3v) is 5.80. The zero-order valence-corrected chi connectivity index (χ0v) is 15.9. The van der Waals surface area contributed by atoms with Crippen LogP contribution in [0.4, 0.5) is 14.5 Å². The van der Waals surface area contributed by atoms with Gasteiger partial charge in [0.25, 0.3) is 0 Å². The highest BCUT2D eigenvalue weighted by molar-refractivity contribution is 8.02. The van der Waals surface area contributed by atoms with Crippen LogP contribution in [0.2, 0.25) is 0 Å². The summed E-state index contributed by atoms with van der Waals surface area (Å²) in [5, 5.41) is 6.43. The fourth-order valence-electron chi connectivity index (χ4n) is 2.06. The van der Waals surface area contributed by atoms with Gasteiger partial charge in [0.05, 0.1) is 16.6 Å². The van der Waals surface area contributed by atoms with E-state index < -0.39 is 11.1 Å². The minimum Gasteiger partial charge on any atom is -0.323 e. The lowest BCUT2D eigenvalue weighted by molar-refractivity contribution is -0.115. The van der Waals surface area contributed by atoms with Crippen LogP contribution < -0.4 is 5.32 Å². The molecule has 3 rings (SSSR count). The molecule has 0 bridgehead atoms. The minimum absolute atomic E-state index is 0.134. The van der Waals surface area contributed by atoms with Crippen molar-refractivity contribution in [3.8, 4) is 5.69 Å². The second kappa shape index (κ2) is 8.07. The van der Waals surface area contributed by atoms with Gasteiger partial charge in [-0.25, -0.2) is 13.5 Å². The van der Waals surface area contributed by atoms with E-state index in [0.717, 1.165) is 0 Å². The van der Waals surface area contributed by atoms with E-state index in [1.54, 1.807) is 31.2 Å². The van der Waals surface area contributed by atoms with Crippen molar-refractivity contribution in [2.45, 2.75) is 16.5 Å². The molecule has 0 unspecified atom stereocenters. The maximum absolute atomic E-state index is 13.6. The molecule has 1 heterocycles. The average molecular weight is 410 g/mol. The van der Waals surface area contributed by atoms with Crippen molar-refractivity contribution in [1.29, 1.82) is 0 Å². The maximum Gasteiger partial charge on any atom is 0.237 e. The standard InChI is InChI=1S/C17H13F2N3OS3/c1-10(15(23)20-14-5-3-2-4-13(14)19)25-16-21-22(17(24)26-16)12-8-6-11(18)7-9-12/h2-10H,1H3,(H,20,23)/t10-/m0/s1. The molecule has 0 aliphatic rings. The number of nitrogens with zero attached hydrogens (tertiary/aromatic N) is 2. The maximum atomic E-state index is 13.6. The van der Waals surface area contributed by atoms with Crippen molar-refractivity contribution >= 4 is 46.9 Å². The first kappa shape index (κ1) is 18.7. The monoisotopic (exact) mass is 409 g/mol. The molecule has 0 aliphatic heterocycles. The second-order valence-electron chi connectivity index (χ2n) is 5.25. The Morgan fingerprint density at radius 1 is 1.23 bits per heavy atom. The number of hydrogen-bond donors (Lipinski definition) is 1. The molecule has 26 heavy (non-hydrogen) atoms. The molecule has 134 valence electrons. The number of amides is 1. The van der Waals surface area contributed by atoms with Gasteiger partial charge in [-0.1, -0.05) is 35.2 Å². The lowest BCUT2D eigenvalue weighted by Gasteiger charge is -2.10. The molecule has 0 saturated carbocycles. The number of benzene rings is 2. The van der Waals surface area contributed by atoms with Crippen LogP contribution in [0.15, 0.2) is 52.9 Å². The average Bonchev–Trinajstić information content (AvgIpc) is 2.97. The van der Waals surface area contributed by atoms with E-state index in [0.29, 0.717) is 14.0 Å². The first-order chi connectivity index (χ1) is 12.4. The molecule has 1 aromatic heterocycles. The summed E-state index contributed by atoms with van der Waals surface area (Å²) < 4.78 is 29.3. The summed E-state index contributed by atoms with van der Waals surface area (Å²) in [5.41, 5.74) is 0.775. The van der Waals surface area contributed by atoms with Gasteiger partial charge in [-0.05, 0) is 55.5 Å². The predicted molar refractivity (Wildman–Crippen MR) is 103 cm³/mol. The topological polar surface area (TPSA) is 46.9 Å². The van der Waals surface area contributed by atoms with Crippen LogP contribution in [0.5, 0.6) is 0 Å². The molecule has 3 aromatic rings. The molecule has 4 nitrogen and oxygen atoms in total. The Hall–Kier alpha value is -2.10. The minimum atomic E-state index is -0.503. The number of carbonyl (C=O) groups is 1. The zero-order valence-electron chi connectivity index (χ0n) is 13.5. The van der Waals surface area contributed by atoms with E-state index in [9.17, 15) is 13.6 Å². The van der Waals surface area contributed by atoms with Crippen LogP contribution in [0, 0.1) is 15.6 Å². The highest BCUT2D eigenvalue weighted by atomic mass is 32.2. The Bertz CT molecular complexity index is 985. The third-order valence-electron chi connectivity index (χ3n) is 3.38. The van der Waals surface area contributed by atoms with Crippen molar-refractivity contribution in [3.05, 3.63) is 64.1 Å². The van der Waals surface area contributed by atoms with Gasteiger partial charge in [-0.3, -0.25) is 4.79 Å². The van der Waals surface area contributed by atoms with Gasteiger partial charge in [0.15, 0.2) is 8.29 Å². The van der Waals surface area contributed by atoms with Gasteiger partial charge < -0.3 is 5.32 Å². The lowest BCUT2D eigenvalue weighted by atomic mass is 10.3. The highest BCUT2D eigenvalue weighted by Gasteiger charge is 2.18. The number of anilines is 1. The number of nitrogens with one attached hydrogen (secondary N) is 1. The molecule has 0 radical (unpaired) electrons. The van der Waals surface area contributed by atoms with Crippen molar-refractivity contribution in [2.75, 3.05) is 5.32 Å². The number of halogens is 2. The van der Waals surface area contributed by atoms with E-state index in [-0.39, 0.29) is 17.4 Å². The Morgan fingerprint density at radius 2 is 1.92 bits per heavy atom. The summed E-state index contributed by atoms with van der Waals surface area (Å²) in [4.78, 5) is 12.3. The van der Waals surface area contributed by atoms with Crippen molar-refractivity contribution in [1.82, 2.24) is 9.78 Å². The van der Waals surface area contributed by atoms with Crippen LogP contribution in [0.1, 0.15) is 6.92 Å². The molecule has 1 amide bonds. The van der Waals surface area contributed by atoms with Crippen LogP contribution in [-0.2, 0) is 4.79 Å². The predicted octanol–water partition coefficient (Wildman–Crippen LogP) is 5.06.